The molecule has 0 spiro atoms. The van der Waals surface area contributed by atoms with Gasteiger partial charge in [0.05, 0.1) is 5.56 Å². The molecule has 3 aromatic rings. The van der Waals surface area contributed by atoms with Crippen molar-refractivity contribution in [1.29, 1.82) is 0 Å². The van der Waals surface area contributed by atoms with Gasteiger partial charge in [0.15, 0.2) is 5.75 Å². The number of alkyl halides is 3. The van der Waals surface area contributed by atoms with Crippen LogP contribution >= 0.6 is 0 Å². The van der Waals surface area contributed by atoms with Gasteiger partial charge in [0.1, 0.15) is 12.4 Å². The SMILES string of the molecule is C=CC#Cc1ccc(Oc2c#cccc2OCc2ccccc2)cc1C(F)(F)F. The van der Waals surface area contributed by atoms with Crippen LogP contribution in [0.25, 0.3) is 0 Å². The summed E-state index contributed by atoms with van der Waals surface area (Å²) in [5.41, 5.74) is -0.110. The minimum absolute atomic E-state index is 0.0121. The van der Waals surface area contributed by atoms with Crippen LogP contribution in [0, 0.1) is 24.0 Å². The van der Waals surface area contributed by atoms with Gasteiger partial charge in [-0.3, -0.25) is 0 Å². The standard InChI is InChI=1S/C24H15F3O2/c1-2-3-11-19-14-15-20(16-21(19)24(25,26)27)29-23-13-8-7-12-22(23)28-17-18-9-5-4-6-10-18/h2,4-7,9-10,12,14-16H,1,17H2. The third-order valence-electron chi connectivity index (χ3n) is 3.79. The molecule has 0 fully saturated rings. The molecule has 3 rings (SSSR count). The smallest absolute Gasteiger partial charge is 0.417 e. The van der Waals surface area contributed by atoms with Gasteiger partial charge in [0.2, 0.25) is 5.75 Å². The van der Waals surface area contributed by atoms with Crippen LogP contribution in [-0.4, -0.2) is 0 Å². The highest BCUT2D eigenvalue weighted by atomic mass is 19.4. The average Bonchev–Trinajstić information content (AvgIpc) is 2.72. The summed E-state index contributed by atoms with van der Waals surface area (Å²) in [6, 6.07) is 21.7. The Morgan fingerprint density at radius 1 is 1.07 bits per heavy atom. The molecule has 3 aromatic carbocycles. The average molecular weight is 392 g/mol. The highest BCUT2D eigenvalue weighted by molar-refractivity contribution is 5.49. The summed E-state index contributed by atoms with van der Waals surface area (Å²) < 4.78 is 51.5. The maximum atomic E-state index is 13.4. The van der Waals surface area contributed by atoms with E-state index in [4.69, 9.17) is 9.47 Å². The molecule has 144 valence electrons. The second kappa shape index (κ2) is 8.91. The summed E-state index contributed by atoms with van der Waals surface area (Å²) in [6.45, 7) is 3.67. The molecule has 0 N–H and O–H groups in total. The molecular weight excluding hydrogens is 377 g/mol. The van der Waals surface area contributed by atoms with Gasteiger partial charge in [-0.15, -0.1) is 0 Å². The summed E-state index contributed by atoms with van der Waals surface area (Å²) in [5.74, 6) is 5.33. The van der Waals surface area contributed by atoms with E-state index in [0.717, 1.165) is 11.6 Å². The third-order valence-corrected chi connectivity index (χ3v) is 3.79. The Balaban J connectivity index is 1.85. The topological polar surface area (TPSA) is 18.5 Å². The third kappa shape index (κ3) is 5.34. The fourth-order valence-corrected chi connectivity index (χ4v) is 2.46. The second-order valence-corrected chi connectivity index (χ2v) is 5.85. The van der Waals surface area contributed by atoms with E-state index in [-0.39, 0.29) is 23.7 Å². The minimum atomic E-state index is -4.58. The first kappa shape index (κ1) is 19.9. The second-order valence-electron chi connectivity index (χ2n) is 5.85. The van der Waals surface area contributed by atoms with E-state index in [1.807, 2.05) is 30.3 Å². The molecule has 29 heavy (non-hydrogen) atoms. The van der Waals surface area contributed by atoms with Crippen molar-refractivity contribution in [3.63, 3.8) is 0 Å². The first-order chi connectivity index (χ1) is 14.0. The van der Waals surface area contributed by atoms with Crippen LogP contribution < -0.4 is 9.47 Å². The van der Waals surface area contributed by atoms with Gasteiger partial charge in [-0.05, 0) is 48.0 Å². The Labute approximate surface area is 167 Å². The molecule has 0 aromatic heterocycles. The molecule has 0 heterocycles. The molecule has 5 heteroatoms. The molecule has 0 amide bonds. The van der Waals surface area contributed by atoms with Gasteiger partial charge in [0, 0.05) is 5.56 Å². The summed E-state index contributed by atoms with van der Waals surface area (Å²) in [6.07, 6.45) is -3.35. The summed E-state index contributed by atoms with van der Waals surface area (Å²) in [4.78, 5) is 0. The lowest BCUT2D eigenvalue weighted by atomic mass is 10.1. The monoisotopic (exact) mass is 392 g/mol. The molecule has 0 saturated heterocycles. The van der Waals surface area contributed by atoms with Crippen LogP contribution in [0.4, 0.5) is 13.2 Å². The fourth-order valence-electron chi connectivity index (χ4n) is 2.46. The molecule has 0 aliphatic heterocycles. The zero-order chi connectivity index (χ0) is 20.7. The molecular formula is C24H15F3O2. The number of hydrogen-bond acceptors (Lipinski definition) is 2. The first-order valence-electron chi connectivity index (χ1n) is 8.58. The van der Waals surface area contributed by atoms with Gasteiger partial charge in [-0.2, -0.15) is 13.2 Å². The van der Waals surface area contributed by atoms with Crippen molar-refractivity contribution in [2.75, 3.05) is 0 Å². The highest BCUT2D eigenvalue weighted by Crippen LogP contribution is 2.36. The number of benzene rings is 2. The number of ether oxygens (including phenoxy) is 2. The van der Waals surface area contributed by atoms with Crippen LogP contribution in [0.5, 0.6) is 17.2 Å². The van der Waals surface area contributed by atoms with Crippen molar-refractivity contribution in [1.82, 2.24) is 0 Å². The number of halogens is 3. The summed E-state index contributed by atoms with van der Waals surface area (Å²) in [7, 11) is 0. The zero-order valence-corrected chi connectivity index (χ0v) is 15.2. The van der Waals surface area contributed by atoms with Gasteiger partial charge in [0.25, 0.3) is 0 Å². The molecule has 0 bridgehead atoms. The highest BCUT2D eigenvalue weighted by Gasteiger charge is 2.33. The fraction of sp³-hybridized carbons (Fsp3) is 0.0833. The molecule has 0 unspecified atom stereocenters. The van der Waals surface area contributed by atoms with Gasteiger partial charge >= 0.3 is 6.18 Å². The van der Waals surface area contributed by atoms with Crippen molar-refractivity contribution in [3.8, 4) is 29.1 Å². The molecule has 0 saturated carbocycles. The zero-order valence-electron chi connectivity index (χ0n) is 15.2. The Morgan fingerprint density at radius 3 is 2.59 bits per heavy atom. The normalized spacial score (nSPS) is 10.3. The van der Waals surface area contributed by atoms with E-state index in [1.165, 1.54) is 18.2 Å². The van der Waals surface area contributed by atoms with Crippen LogP contribution in [0.15, 0.2) is 73.3 Å². The van der Waals surface area contributed by atoms with Crippen LogP contribution in [0.1, 0.15) is 16.7 Å². The predicted molar refractivity (Wildman–Crippen MR) is 103 cm³/mol. The number of hydrogen-bond donors (Lipinski definition) is 0. The van der Waals surface area contributed by atoms with Crippen LogP contribution in [0.3, 0.4) is 0 Å². The van der Waals surface area contributed by atoms with Crippen molar-refractivity contribution in [3.05, 3.63) is 102 Å². The van der Waals surface area contributed by atoms with Crippen molar-refractivity contribution in [2.45, 2.75) is 12.8 Å². The van der Waals surface area contributed by atoms with Crippen molar-refractivity contribution in [2.24, 2.45) is 0 Å². The predicted octanol–water partition coefficient (Wildman–Crippen LogP) is 6.21. The van der Waals surface area contributed by atoms with E-state index < -0.39 is 11.7 Å². The quantitative estimate of drug-likeness (QED) is 0.480. The van der Waals surface area contributed by atoms with Crippen LogP contribution in [-0.2, 0) is 12.8 Å². The van der Waals surface area contributed by atoms with Gasteiger partial charge < -0.3 is 9.47 Å². The summed E-state index contributed by atoms with van der Waals surface area (Å²) >= 11 is 0. The molecule has 0 aliphatic rings. The van der Waals surface area contributed by atoms with Gasteiger partial charge in [-0.1, -0.05) is 54.8 Å². The maximum Gasteiger partial charge on any atom is 0.417 e. The Bertz CT molecular complexity index is 1040. The van der Waals surface area contributed by atoms with E-state index in [9.17, 15) is 13.2 Å². The van der Waals surface area contributed by atoms with Crippen LogP contribution in [0.2, 0.25) is 0 Å². The Morgan fingerprint density at radius 2 is 1.86 bits per heavy atom. The molecule has 0 aliphatic carbocycles. The van der Waals surface area contributed by atoms with E-state index in [2.05, 4.69) is 30.6 Å². The largest absolute Gasteiger partial charge is 0.484 e. The van der Waals surface area contributed by atoms with Gasteiger partial charge in [-0.25, -0.2) is 0 Å². The van der Waals surface area contributed by atoms with E-state index in [0.29, 0.717) is 5.75 Å². The number of rotatable bonds is 5. The number of allylic oxidation sites excluding steroid dienone is 1. The maximum absolute atomic E-state index is 13.4. The summed E-state index contributed by atoms with van der Waals surface area (Å²) in [5, 5.41) is 0. The lowest BCUT2D eigenvalue weighted by molar-refractivity contribution is -0.137. The Kier molecular flexibility index (Phi) is 6.12. The van der Waals surface area contributed by atoms with Crippen molar-refractivity contribution >= 4 is 0 Å². The molecule has 0 radical (unpaired) electrons. The molecule has 2 nitrogen and oxygen atoms in total. The molecule has 0 atom stereocenters. The lowest BCUT2D eigenvalue weighted by Crippen LogP contribution is -2.08. The van der Waals surface area contributed by atoms with E-state index in [1.54, 1.807) is 12.1 Å². The minimum Gasteiger partial charge on any atom is -0.484 e. The Hall–Kier alpha value is -3.83. The lowest BCUT2D eigenvalue weighted by Gasteiger charge is -2.13. The van der Waals surface area contributed by atoms with Crippen molar-refractivity contribution < 1.29 is 22.6 Å². The first-order valence-corrected chi connectivity index (χ1v) is 8.58. The van der Waals surface area contributed by atoms with E-state index >= 15 is 0 Å².